The van der Waals surface area contributed by atoms with Crippen LogP contribution >= 0.6 is 0 Å². The average molecular weight is 357 g/mol. The molecule has 0 radical (unpaired) electrons. The summed E-state index contributed by atoms with van der Waals surface area (Å²) in [6.07, 6.45) is 2.73. The van der Waals surface area contributed by atoms with Crippen LogP contribution in [-0.4, -0.2) is 27.9 Å². The zero-order valence-electron chi connectivity index (χ0n) is 15.3. The molecule has 1 spiro atoms. The lowest BCUT2D eigenvalue weighted by molar-refractivity contribution is -0.132. The summed E-state index contributed by atoms with van der Waals surface area (Å²) in [5.41, 5.74) is 4.10. The number of para-hydroxylation sites is 1. The Labute approximate surface area is 159 Å². The van der Waals surface area contributed by atoms with Crippen LogP contribution in [0.2, 0.25) is 0 Å². The maximum atomic E-state index is 13.1. The number of nitrogens with one attached hydrogen (secondary N) is 1. The quantitative estimate of drug-likeness (QED) is 0.764. The van der Waals surface area contributed by atoms with Gasteiger partial charge in [-0.2, -0.15) is 0 Å². The fourth-order valence-corrected chi connectivity index (χ4v) is 4.65. The van der Waals surface area contributed by atoms with Gasteiger partial charge in [0.1, 0.15) is 5.54 Å². The summed E-state index contributed by atoms with van der Waals surface area (Å²) >= 11 is 0. The molecular weight excluding hydrogens is 334 g/mol. The highest BCUT2D eigenvalue weighted by molar-refractivity contribution is 5.88. The molecule has 0 aliphatic carbocycles. The number of pyridine rings is 1. The molecule has 4 nitrogen and oxygen atoms in total. The molecule has 1 aromatic heterocycles. The smallest absolute Gasteiger partial charge is 0.241 e. The minimum absolute atomic E-state index is 0.164. The Morgan fingerprint density at radius 2 is 1.81 bits per heavy atom. The van der Waals surface area contributed by atoms with Crippen molar-refractivity contribution in [3.63, 3.8) is 0 Å². The first-order chi connectivity index (χ1) is 13.2. The molecule has 3 heterocycles. The van der Waals surface area contributed by atoms with E-state index in [2.05, 4.69) is 46.6 Å². The predicted octanol–water partition coefficient (Wildman–Crippen LogP) is 3.44. The van der Waals surface area contributed by atoms with Crippen molar-refractivity contribution < 1.29 is 4.79 Å². The second-order valence-corrected chi connectivity index (χ2v) is 7.68. The molecule has 136 valence electrons. The second-order valence-electron chi connectivity index (χ2n) is 7.68. The molecule has 1 saturated heterocycles. The van der Waals surface area contributed by atoms with Gasteiger partial charge < -0.3 is 5.32 Å². The van der Waals surface area contributed by atoms with Crippen LogP contribution in [0.3, 0.4) is 0 Å². The molecule has 1 atom stereocenters. The number of aromatic nitrogens is 1. The van der Waals surface area contributed by atoms with Crippen LogP contribution in [0.1, 0.15) is 29.7 Å². The molecule has 2 aliphatic rings. The molecule has 2 aromatic carbocycles. The third-order valence-electron chi connectivity index (χ3n) is 6.10. The van der Waals surface area contributed by atoms with Gasteiger partial charge in [-0.05, 0) is 42.6 Å². The number of fused-ring (bicyclic) bond motifs is 2. The Bertz CT molecular complexity index is 1020. The van der Waals surface area contributed by atoms with Gasteiger partial charge in [0.15, 0.2) is 0 Å². The standard InChI is InChI=1S/C23H23N3O/c27-22-23(14-18-7-1-2-8-19(18)15-24-22)12-5-13-26(23)16-20-11-10-17-6-3-4-9-21(17)25-20/h1-4,6-11H,5,12-16H2,(H,24,27). The van der Waals surface area contributed by atoms with Crippen LogP contribution in [0.5, 0.6) is 0 Å². The van der Waals surface area contributed by atoms with Gasteiger partial charge in [-0.3, -0.25) is 14.7 Å². The lowest BCUT2D eigenvalue weighted by Gasteiger charge is -2.36. The zero-order valence-corrected chi connectivity index (χ0v) is 15.3. The molecule has 1 N–H and O–H groups in total. The van der Waals surface area contributed by atoms with Crippen molar-refractivity contribution in [2.45, 2.75) is 37.9 Å². The van der Waals surface area contributed by atoms with E-state index in [1.54, 1.807) is 0 Å². The fourth-order valence-electron chi connectivity index (χ4n) is 4.65. The van der Waals surface area contributed by atoms with E-state index < -0.39 is 5.54 Å². The van der Waals surface area contributed by atoms with Crippen LogP contribution < -0.4 is 5.32 Å². The maximum absolute atomic E-state index is 13.1. The highest BCUT2D eigenvalue weighted by atomic mass is 16.2. The van der Waals surface area contributed by atoms with Crippen molar-refractivity contribution in [2.24, 2.45) is 0 Å². The van der Waals surface area contributed by atoms with Crippen molar-refractivity contribution in [1.82, 2.24) is 15.2 Å². The Morgan fingerprint density at radius 3 is 2.74 bits per heavy atom. The highest BCUT2D eigenvalue weighted by Crippen LogP contribution is 2.36. The van der Waals surface area contributed by atoms with Gasteiger partial charge in [-0.15, -0.1) is 0 Å². The number of carbonyl (C=O) groups is 1. The summed E-state index contributed by atoms with van der Waals surface area (Å²) in [5.74, 6) is 0.164. The minimum atomic E-state index is -0.458. The predicted molar refractivity (Wildman–Crippen MR) is 106 cm³/mol. The van der Waals surface area contributed by atoms with Crippen LogP contribution in [0.25, 0.3) is 10.9 Å². The van der Waals surface area contributed by atoms with E-state index in [0.717, 1.165) is 42.4 Å². The van der Waals surface area contributed by atoms with Crippen LogP contribution in [0.15, 0.2) is 60.7 Å². The maximum Gasteiger partial charge on any atom is 0.241 e. The largest absolute Gasteiger partial charge is 0.350 e. The van der Waals surface area contributed by atoms with Crippen LogP contribution in [0.4, 0.5) is 0 Å². The first-order valence-electron chi connectivity index (χ1n) is 9.69. The van der Waals surface area contributed by atoms with Gasteiger partial charge in [0.05, 0.1) is 11.2 Å². The van der Waals surface area contributed by atoms with Crippen molar-refractivity contribution in [3.8, 4) is 0 Å². The molecule has 4 heteroatoms. The van der Waals surface area contributed by atoms with Crippen molar-refractivity contribution in [1.29, 1.82) is 0 Å². The number of hydrogen-bond donors (Lipinski definition) is 1. The fraction of sp³-hybridized carbons (Fsp3) is 0.304. The first-order valence-corrected chi connectivity index (χ1v) is 9.69. The molecule has 27 heavy (non-hydrogen) atoms. The number of benzene rings is 2. The Balaban J connectivity index is 1.49. The molecule has 3 aromatic rings. The Morgan fingerprint density at radius 1 is 1.00 bits per heavy atom. The van der Waals surface area contributed by atoms with E-state index in [0.29, 0.717) is 13.1 Å². The van der Waals surface area contributed by atoms with E-state index in [1.165, 1.54) is 11.1 Å². The molecule has 1 unspecified atom stereocenters. The van der Waals surface area contributed by atoms with Gasteiger partial charge in [0.2, 0.25) is 5.91 Å². The summed E-state index contributed by atoms with van der Waals surface area (Å²) in [5, 5.41) is 4.33. The van der Waals surface area contributed by atoms with Crippen molar-refractivity contribution in [2.75, 3.05) is 6.54 Å². The summed E-state index contributed by atoms with van der Waals surface area (Å²) in [6, 6.07) is 20.8. The number of amides is 1. The number of carbonyl (C=O) groups excluding carboxylic acids is 1. The van der Waals surface area contributed by atoms with E-state index in [4.69, 9.17) is 4.98 Å². The topological polar surface area (TPSA) is 45.2 Å². The Kier molecular flexibility index (Phi) is 3.94. The molecule has 1 fully saturated rings. The van der Waals surface area contributed by atoms with Gasteiger partial charge in [-0.25, -0.2) is 0 Å². The van der Waals surface area contributed by atoms with Crippen molar-refractivity contribution >= 4 is 16.8 Å². The summed E-state index contributed by atoms with van der Waals surface area (Å²) in [6.45, 7) is 2.27. The number of nitrogens with zero attached hydrogens (tertiary/aromatic N) is 2. The molecule has 2 aliphatic heterocycles. The summed E-state index contributed by atoms with van der Waals surface area (Å²) in [7, 11) is 0. The number of likely N-dealkylation sites (tertiary alicyclic amines) is 1. The second kappa shape index (κ2) is 6.46. The molecule has 1 amide bonds. The zero-order chi connectivity index (χ0) is 18.3. The summed E-state index contributed by atoms with van der Waals surface area (Å²) in [4.78, 5) is 20.3. The van der Waals surface area contributed by atoms with E-state index in [1.807, 2.05) is 24.3 Å². The van der Waals surface area contributed by atoms with Crippen LogP contribution in [0, 0.1) is 0 Å². The Hall–Kier alpha value is -2.72. The first kappa shape index (κ1) is 16.5. The monoisotopic (exact) mass is 357 g/mol. The van der Waals surface area contributed by atoms with Gasteiger partial charge in [0, 0.05) is 24.9 Å². The third-order valence-corrected chi connectivity index (χ3v) is 6.10. The SMILES string of the molecule is O=C1NCc2ccccc2CC12CCCN2Cc1ccc2ccccc2n1. The molecular formula is C23H23N3O. The number of rotatable bonds is 2. The lowest BCUT2D eigenvalue weighted by atomic mass is 9.86. The highest BCUT2D eigenvalue weighted by Gasteiger charge is 2.48. The lowest BCUT2D eigenvalue weighted by Crippen LogP contribution is -2.55. The van der Waals surface area contributed by atoms with E-state index >= 15 is 0 Å². The molecule has 0 bridgehead atoms. The van der Waals surface area contributed by atoms with Gasteiger partial charge >= 0.3 is 0 Å². The van der Waals surface area contributed by atoms with Gasteiger partial charge in [-0.1, -0.05) is 48.5 Å². The third kappa shape index (κ3) is 2.81. The van der Waals surface area contributed by atoms with Gasteiger partial charge in [0.25, 0.3) is 0 Å². The molecule has 5 rings (SSSR count). The van der Waals surface area contributed by atoms with E-state index in [-0.39, 0.29) is 5.91 Å². The number of hydrogen-bond acceptors (Lipinski definition) is 3. The summed E-state index contributed by atoms with van der Waals surface area (Å²) < 4.78 is 0. The molecule has 0 saturated carbocycles. The van der Waals surface area contributed by atoms with Crippen molar-refractivity contribution in [3.05, 3.63) is 77.5 Å². The minimum Gasteiger partial charge on any atom is -0.350 e. The average Bonchev–Trinajstić information content (AvgIpc) is 3.03. The van der Waals surface area contributed by atoms with Crippen LogP contribution in [-0.2, 0) is 24.3 Å². The van der Waals surface area contributed by atoms with E-state index in [9.17, 15) is 4.79 Å². The normalized spacial score (nSPS) is 22.6.